The molecule has 0 saturated carbocycles. The minimum Gasteiger partial charge on any atom is -0.416 e. The van der Waals surface area contributed by atoms with Gasteiger partial charge in [0.05, 0.1) is 18.9 Å². The van der Waals surface area contributed by atoms with Gasteiger partial charge in [0.25, 0.3) is 0 Å². The van der Waals surface area contributed by atoms with Crippen LogP contribution in [0.1, 0.15) is 54.2 Å². The highest BCUT2D eigenvalue weighted by Gasteiger charge is 2.44. The topological polar surface area (TPSA) is 88.6 Å². The van der Waals surface area contributed by atoms with Crippen molar-refractivity contribution in [2.24, 2.45) is 5.92 Å². The summed E-state index contributed by atoms with van der Waals surface area (Å²) in [6, 6.07) is 0. The quantitative estimate of drug-likeness (QED) is 0.550. The first kappa shape index (κ1) is 27.2. The highest BCUT2D eigenvalue weighted by Crippen LogP contribution is 2.41. The van der Waals surface area contributed by atoms with Gasteiger partial charge in [-0.25, -0.2) is 9.18 Å². The Bertz CT molecular complexity index is 824. The zero-order chi connectivity index (χ0) is 24.7. The maximum absolute atomic E-state index is 14.0. The van der Waals surface area contributed by atoms with Gasteiger partial charge in [0, 0.05) is 18.9 Å². The Kier molecular flexibility index (Phi) is 7.88. The minimum atomic E-state index is -1.99. The first-order chi connectivity index (χ1) is 14.4. The summed E-state index contributed by atoms with van der Waals surface area (Å²) in [7, 11) is -3.95. The number of ether oxygens (including phenoxy) is 1. The van der Waals surface area contributed by atoms with Crippen LogP contribution in [0.4, 0.5) is 10.2 Å². The van der Waals surface area contributed by atoms with Gasteiger partial charge in [-0.3, -0.25) is 4.57 Å². The molecule has 1 saturated heterocycles. The number of hydrogen-bond acceptors (Lipinski definition) is 6. The first-order valence-corrected chi connectivity index (χ1v) is 17.1. The van der Waals surface area contributed by atoms with Gasteiger partial charge in [0.2, 0.25) is 0 Å². The van der Waals surface area contributed by atoms with E-state index in [1.807, 2.05) is 0 Å². The highest BCUT2D eigenvalue weighted by atomic mass is 28.4. The first-order valence-electron chi connectivity index (χ1n) is 11.3. The largest absolute Gasteiger partial charge is 0.416 e. The molecule has 1 aliphatic heterocycles. The standard InChI is InChI=1S/C22H42FN3O4Si2/c1-21(2,3)31(7,8)28-13-15-11-18(26-12-16(23)19(24)25-20(26)27)30-17(15)14-29-32(9,10)22(4,5)6/h12,15,17-18H,11,13-14H2,1-10H3,(H2,24,25,27)/t15-,17-,18?/m1/s1. The second-order valence-electron chi connectivity index (χ2n) is 11.9. The Hall–Kier alpha value is -1.08. The molecule has 184 valence electrons. The predicted molar refractivity (Wildman–Crippen MR) is 131 cm³/mol. The molecule has 1 unspecified atom stereocenters. The van der Waals surface area contributed by atoms with Crippen molar-refractivity contribution in [1.29, 1.82) is 0 Å². The van der Waals surface area contributed by atoms with Crippen LogP contribution in [0.2, 0.25) is 36.3 Å². The van der Waals surface area contributed by atoms with Crippen LogP contribution in [0.25, 0.3) is 0 Å². The Morgan fingerprint density at radius 3 is 2.09 bits per heavy atom. The molecule has 0 amide bonds. The number of nitrogen functional groups attached to an aromatic ring is 1. The molecule has 7 nitrogen and oxygen atoms in total. The molecule has 1 aromatic heterocycles. The van der Waals surface area contributed by atoms with Gasteiger partial charge in [0.15, 0.2) is 28.3 Å². The smallest absolute Gasteiger partial charge is 0.351 e. The van der Waals surface area contributed by atoms with Gasteiger partial charge >= 0.3 is 5.69 Å². The third kappa shape index (κ3) is 6.08. The van der Waals surface area contributed by atoms with Crippen molar-refractivity contribution in [3.63, 3.8) is 0 Å². The van der Waals surface area contributed by atoms with Crippen molar-refractivity contribution in [2.45, 2.75) is 96.6 Å². The van der Waals surface area contributed by atoms with E-state index in [0.717, 1.165) is 6.20 Å². The van der Waals surface area contributed by atoms with Gasteiger partial charge in [-0.1, -0.05) is 41.5 Å². The van der Waals surface area contributed by atoms with Crippen molar-refractivity contribution in [3.05, 3.63) is 22.5 Å². The van der Waals surface area contributed by atoms with Gasteiger partial charge < -0.3 is 19.3 Å². The molecule has 0 aliphatic carbocycles. The zero-order valence-electron chi connectivity index (χ0n) is 21.4. The third-order valence-corrected chi connectivity index (χ3v) is 16.5. The SMILES string of the molecule is CC(C)(C)[Si](C)(C)OC[C@H]1CC(n2cc(F)c(N)nc2=O)O[C@@H]1CO[Si](C)(C)C(C)(C)C. The van der Waals surface area contributed by atoms with E-state index < -0.39 is 40.2 Å². The van der Waals surface area contributed by atoms with Crippen LogP contribution in [0.15, 0.2) is 11.0 Å². The second-order valence-corrected chi connectivity index (χ2v) is 21.6. The molecule has 1 aromatic rings. The van der Waals surface area contributed by atoms with E-state index in [1.54, 1.807) is 0 Å². The summed E-state index contributed by atoms with van der Waals surface area (Å²) in [5.74, 6) is -1.12. The van der Waals surface area contributed by atoms with Gasteiger partial charge in [0.1, 0.15) is 6.23 Å². The summed E-state index contributed by atoms with van der Waals surface area (Å²) < 4.78 is 34.4. The number of nitrogens with two attached hydrogens (primary N) is 1. The monoisotopic (exact) mass is 487 g/mol. The van der Waals surface area contributed by atoms with E-state index >= 15 is 0 Å². The molecule has 2 rings (SSSR count). The molecule has 1 aliphatic rings. The molecule has 10 heteroatoms. The van der Waals surface area contributed by atoms with Gasteiger partial charge in [-0.05, 0) is 36.3 Å². The summed E-state index contributed by atoms with van der Waals surface area (Å²) in [6.07, 6.45) is 0.709. The lowest BCUT2D eigenvalue weighted by atomic mass is 10.0. The van der Waals surface area contributed by atoms with E-state index in [1.165, 1.54) is 4.57 Å². The third-order valence-electron chi connectivity index (χ3n) is 7.49. The maximum Gasteiger partial charge on any atom is 0.351 e. The average molecular weight is 488 g/mol. The molecule has 0 bridgehead atoms. The molecule has 1 fully saturated rings. The second kappa shape index (κ2) is 9.29. The Morgan fingerprint density at radius 2 is 1.59 bits per heavy atom. The highest BCUT2D eigenvalue weighted by molar-refractivity contribution is 6.74. The van der Waals surface area contributed by atoms with E-state index in [-0.39, 0.29) is 22.1 Å². The van der Waals surface area contributed by atoms with Crippen molar-refractivity contribution < 1.29 is 18.0 Å². The summed E-state index contributed by atoms with van der Waals surface area (Å²) in [6.45, 7) is 22.9. The summed E-state index contributed by atoms with van der Waals surface area (Å²) in [4.78, 5) is 16.0. The van der Waals surface area contributed by atoms with E-state index in [0.29, 0.717) is 19.6 Å². The molecular weight excluding hydrogens is 445 g/mol. The molecule has 2 N–H and O–H groups in total. The Morgan fingerprint density at radius 1 is 1.09 bits per heavy atom. The van der Waals surface area contributed by atoms with E-state index in [4.69, 9.17) is 19.3 Å². The number of anilines is 1. The van der Waals surface area contributed by atoms with Crippen LogP contribution in [0, 0.1) is 11.7 Å². The van der Waals surface area contributed by atoms with Crippen LogP contribution in [-0.4, -0.2) is 45.5 Å². The van der Waals surface area contributed by atoms with E-state index in [2.05, 4.69) is 72.7 Å². The normalized spacial score (nSPS) is 23.0. The fraction of sp³-hybridized carbons (Fsp3) is 0.818. The Balaban J connectivity index is 2.25. The van der Waals surface area contributed by atoms with Gasteiger partial charge in [-0.15, -0.1) is 0 Å². The van der Waals surface area contributed by atoms with Crippen molar-refractivity contribution in [3.8, 4) is 0 Å². The lowest BCUT2D eigenvalue weighted by Crippen LogP contribution is -2.45. The van der Waals surface area contributed by atoms with Crippen molar-refractivity contribution in [1.82, 2.24) is 9.55 Å². The molecule has 3 atom stereocenters. The van der Waals surface area contributed by atoms with Crippen LogP contribution in [0.5, 0.6) is 0 Å². The lowest BCUT2D eigenvalue weighted by molar-refractivity contribution is -0.0338. The molecule has 0 aromatic carbocycles. The van der Waals surface area contributed by atoms with E-state index in [9.17, 15) is 9.18 Å². The van der Waals surface area contributed by atoms with Crippen molar-refractivity contribution in [2.75, 3.05) is 18.9 Å². The maximum atomic E-state index is 14.0. The van der Waals surface area contributed by atoms with Crippen LogP contribution in [-0.2, 0) is 13.6 Å². The number of hydrogen-bond donors (Lipinski definition) is 1. The molecular formula is C22H42FN3O4Si2. The van der Waals surface area contributed by atoms with Crippen LogP contribution in [0.3, 0.4) is 0 Å². The van der Waals surface area contributed by atoms with Crippen molar-refractivity contribution >= 4 is 22.5 Å². The fourth-order valence-corrected chi connectivity index (χ4v) is 5.09. The lowest BCUT2D eigenvalue weighted by Gasteiger charge is -2.38. The average Bonchev–Trinajstić information content (AvgIpc) is 3.02. The molecule has 0 spiro atoms. The minimum absolute atomic E-state index is 0.0198. The number of aromatic nitrogens is 2. The van der Waals surface area contributed by atoms with Crippen LogP contribution < -0.4 is 11.4 Å². The Labute approximate surface area is 194 Å². The summed E-state index contributed by atoms with van der Waals surface area (Å²) in [5.41, 5.74) is 4.82. The predicted octanol–water partition coefficient (Wildman–Crippen LogP) is 4.91. The summed E-state index contributed by atoms with van der Waals surface area (Å²) >= 11 is 0. The molecule has 0 radical (unpaired) electrons. The van der Waals surface area contributed by atoms with Gasteiger partial charge in [-0.2, -0.15) is 4.98 Å². The van der Waals surface area contributed by atoms with Crippen LogP contribution >= 0.6 is 0 Å². The summed E-state index contributed by atoms with van der Waals surface area (Å²) in [5, 5.41) is 0.152. The number of nitrogens with zero attached hydrogens (tertiary/aromatic N) is 2. The molecule has 32 heavy (non-hydrogen) atoms. The molecule has 2 heterocycles. The number of rotatable bonds is 7. The zero-order valence-corrected chi connectivity index (χ0v) is 23.4. The fourth-order valence-electron chi connectivity index (χ4n) is 3.01. The number of halogens is 1.